The molecular weight excluding hydrogens is 241 g/mol. The van der Waals surface area contributed by atoms with Crippen molar-refractivity contribution in [1.82, 2.24) is 0 Å². The maximum absolute atomic E-state index is 13.7. The highest BCUT2D eigenvalue weighted by atomic mass is 19.1. The van der Waals surface area contributed by atoms with Crippen LogP contribution in [0.15, 0.2) is 48.5 Å². The van der Waals surface area contributed by atoms with Crippen molar-refractivity contribution in [1.29, 1.82) is 0 Å². The van der Waals surface area contributed by atoms with E-state index in [-0.39, 0.29) is 17.4 Å². The van der Waals surface area contributed by atoms with Crippen LogP contribution < -0.4 is 4.90 Å². The van der Waals surface area contributed by atoms with E-state index in [2.05, 4.69) is 6.92 Å². The molecule has 0 aliphatic carbocycles. The zero-order valence-electron chi connectivity index (χ0n) is 10.6. The minimum Gasteiger partial charge on any atom is -0.307 e. The van der Waals surface area contributed by atoms with Crippen molar-refractivity contribution < 1.29 is 9.18 Å². The lowest BCUT2D eigenvalue weighted by atomic mass is 10.0. The van der Waals surface area contributed by atoms with Gasteiger partial charge < -0.3 is 4.90 Å². The van der Waals surface area contributed by atoms with E-state index in [1.54, 1.807) is 17.0 Å². The van der Waals surface area contributed by atoms with Gasteiger partial charge in [-0.15, -0.1) is 0 Å². The van der Waals surface area contributed by atoms with Crippen LogP contribution >= 0.6 is 0 Å². The summed E-state index contributed by atoms with van der Waals surface area (Å²) in [4.78, 5) is 14.1. The average molecular weight is 255 g/mol. The molecule has 0 saturated heterocycles. The minimum atomic E-state index is -0.468. The first-order valence-corrected chi connectivity index (χ1v) is 6.34. The summed E-state index contributed by atoms with van der Waals surface area (Å²) in [5, 5.41) is 0. The van der Waals surface area contributed by atoms with Crippen molar-refractivity contribution in [3.63, 3.8) is 0 Å². The fourth-order valence-corrected chi connectivity index (χ4v) is 2.59. The molecule has 3 rings (SSSR count). The van der Waals surface area contributed by atoms with E-state index in [0.717, 1.165) is 11.3 Å². The van der Waals surface area contributed by atoms with E-state index in [1.807, 2.05) is 24.3 Å². The van der Waals surface area contributed by atoms with Gasteiger partial charge in [0.15, 0.2) is 0 Å². The van der Waals surface area contributed by atoms with Crippen molar-refractivity contribution in [2.45, 2.75) is 12.8 Å². The first-order valence-electron chi connectivity index (χ1n) is 6.34. The molecule has 0 saturated carbocycles. The van der Waals surface area contributed by atoms with Crippen LogP contribution in [0.3, 0.4) is 0 Å². The Labute approximate surface area is 111 Å². The topological polar surface area (TPSA) is 20.3 Å². The Bertz CT molecular complexity index is 638. The molecule has 0 spiro atoms. The highest BCUT2D eigenvalue weighted by molar-refractivity contribution is 6.07. The number of amides is 1. The van der Waals surface area contributed by atoms with Gasteiger partial charge >= 0.3 is 0 Å². The van der Waals surface area contributed by atoms with E-state index in [9.17, 15) is 9.18 Å². The van der Waals surface area contributed by atoms with Crippen LogP contribution in [0.4, 0.5) is 10.1 Å². The molecule has 1 unspecified atom stereocenters. The van der Waals surface area contributed by atoms with Crippen molar-refractivity contribution in [3.05, 3.63) is 65.5 Å². The maximum atomic E-state index is 13.7. The monoisotopic (exact) mass is 255 g/mol. The Morgan fingerprint density at radius 2 is 1.84 bits per heavy atom. The molecule has 0 N–H and O–H groups in total. The van der Waals surface area contributed by atoms with Crippen molar-refractivity contribution >= 4 is 11.6 Å². The molecule has 2 aromatic rings. The summed E-state index contributed by atoms with van der Waals surface area (Å²) >= 11 is 0. The van der Waals surface area contributed by atoms with Gasteiger partial charge in [-0.1, -0.05) is 37.3 Å². The molecule has 1 amide bonds. The number of carbonyl (C=O) groups excluding carboxylic acids is 1. The number of hydrogen-bond donors (Lipinski definition) is 0. The van der Waals surface area contributed by atoms with Gasteiger partial charge in [-0.3, -0.25) is 4.79 Å². The van der Waals surface area contributed by atoms with Crippen LogP contribution in [0.1, 0.15) is 28.8 Å². The number of rotatable bonds is 1. The standard InChI is InChI=1S/C16H14FNO/c1-11-10-18(15-9-5-3-6-12(11)15)16(19)13-7-2-4-8-14(13)17/h2-9,11H,10H2,1H3. The third-order valence-corrected chi connectivity index (χ3v) is 3.56. The minimum absolute atomic E-state index is 0.131. The zero-order valence-corrected chi connectivity index (χ0v) is 10.6. The lowest BCUT2D eigenvalue weighted by molar-refractivity contribution is 0.0984. The molecule has 1 atom stereocenters. The molecule has 19 heavy (non-hydrogen) atoms. The van der Waals surface area contributed by atoms with Crippen molar-refractivity contribution in [3.8, 4) is 0 Å². The number of fused-ring (bicyclic) bond motifs is 1. The summed E-state index contributed by atoms with van der Waals surface area (Å²) < 4.78 is 13.7. The van der Waals surface area contributed by atoms with Crippen LogP contribution in [0.2, 0.25) is 0 Å². The molecule has 0 aromatic heterocycles. The molecule has 1 aliphatic rings. The number of hydrogen-bond acceptors (Lipinski definition) is 1. The van der Waals surface area contributed by atoms with Gasteiger partial charge in [0, 0.05) is 18.2 Å². The van der Waals surface area contributed by atoms with Crippen LogP contribution in [-0.4, -0.2) is 12.5 Å². The third kappa shape index (κ3) is 1.91. The lowest BCUT2D eigenvalue weighted by Gasteiger charge is -2.17. The number of carbonyl (C=O) groups is 1. The quantitative estimate of drug-likeness (QED) is 0.762. The smallest absolute Gasteiger partial charge is 0.261 e. The first kappa shape index (κ1) is 11.9. The second-order valence-corrected chi connectivity index (χ2v) is 4.86. The molecule has 3 heteroatoms. The molecular formula is C16H14FNO. The normalized spacial score (nSPS) is 17.4. The summed E-state index contributed by atoms with van der Waals surface area (Å²) in [5.41, 5.74) is 2.17. The highest BCUT2D eigenvalue weighted by Crippen LogP contribution is 2.36. The van der Waals surface area contributed by atoms with Gasteiger partial charge in [-0.2, -0.15) is 0 Å². The number of halogens is 1. The number of para-hydroxylation sites is 1. The van der Waals surface area contributed by atoms with Crippen LogP contribution in [-0.2, 0) is 0 Å². The van der Waals surface area contributed by atoms with E-state index in [1.165, 1.54) is 12.1 Å². The summed E-state index contributed by atoms with van der Waals surface area (Å²) in [5.74, 6) is -0.452. The maximum Gasteiger partial charge on any atom is 0.261 e. The highest BCUT2D eigenvalue weighted by Gasteiger charge is 2.30. The fourth-order valence-electron chi connectivity index (χ4n) is 2.59. The van der Waals surface area contributed by atoms with Crippen molar-refractivity contribution in [2.24, 2.45) is 0 Å². The number of nitrogens with zero attached hydrogens (tertiary/aromatic N) is 1. The van der Waals surface area contributed by atoms with Gasteiger partial charge in [0.2, 0.25) is 0 Å². The molecule has 1 aliphatic heterocycles. The SMILES string of the molecule is CC1CN(C(=O)c2ccccc2F)c2ccccc21. The second kappa shape index (κ2) is 4.50. The van der Waals surface area contributed by atoms with Crippen LogP contribution in [0.25, 0.3) is 0 Å². The Kier molecular flexibility index (Phi) is 2.82. The molecule has 2 aromatic carbocycles. The molecule has 0 radical (unpaired) electrons. The van der Waals surface area contributed by atoms with Crippen LogP contribution in [0.5, 0.6) is 0 Å². The fraction of sp³-hybridized carbons (Fsp3) is 0.188. The van der Waals surface area contributed by atoms with Crippen molar-refractivity contribution in [2.75, 3.05) is 11.4 Å². The zero-order chi connectivity index (χ0) is 13.4. The third-order valence-electron chi connectivity index (χ3n) is 3.56. The molecule has 1 heterocycles. The Morgan fingerprint density at radius 3 is 2.63 bits per heavy atom. The molecule has 0 bridgehead atoms. The molecule has 2 nitrogen and oxygen atoms in total. The predicted molar refractivity (Wildman–Crippen MR) is 72.9 cm³/mol. The van der Waals surface area contributed by atoms with Gasteiger partial charge in [-0.25, -0.2) is 4.39 Å². The average Bonchev–Trinajstić information content (AvgIpc) is 2.77. The van der Waals surface area contributed by atoms with E-state index >= 15 is 0 Å². The van der Waals surface area contributed by atoms with E-state index < -0.39 is 5.82 Å². The predicted octanol–water partition coefficient (Wildman–Crippen LogP) is 3.59. The van der Waals surface area contributed by atoms with E-state index in [4.69, 9.17) is 0 Å². The Balaban J connectivity index is 2.01. The van der Waals surface area contributed by atoms with Gasteiger partial charge in [0.1, 0.15) is 5.82 Å². The summed E-state index contributed by atoms with van der Waals surface area (Å²) in [6.07, 6.45) is 0. The van der Waals surface area contributed by atoms with Crippen LogP contribution in [0, 0.1) is 5.82 Å². The summed E-state index contributed by atoms with van der Waals surface area (Å²) in [6.45, 7) is 2.68. The van der Waals surface area contributed by atoms with Gasteiger partial charge in [0.05, 0.1) is 5.56 Å². The summed E-state index contributed by atoms with van der Waals surface area (Å²) in [6, 6.07) is 13.9. The molecule has 96 valence electrons. The van der Waals surface area contributed by atoms with Gasteiger partial charge in [0.25, 0.3) is 5.91 Å². The van der Waals surface area contributed by atoms with Gasteiger partial charge in [-0.05, 0) is 23.8 Å². The summed E-state index contributed by atoms with van der Waals surface area (Å²) in [7, 11) is 0. The second-order valence-electron chi connectivity index (χ2n) is 4.86. The first-order chi connectivity index (χ1) is 9.18. The largest absolute Gasteiger partial charge is 0.307 e. The lowest BCUT2D eigenvalue weighted by Crippen LogP contribution is -2.30. The molecule has 0 fully saturated rings. The van der Waals surface area contributed by atoms with E-state index in [0.29, 0.717) is 6.54 Å². The number of benzene rings is 2. The number of anilines is 1. The Hall–Kier alpha value is -2.16. The Morgan fingerprint density at radius 1 is 1.16 bits per heavy atom.